The predicted molar refractivity (Wildman–Crippen MR) is 62.7 cm³/mol. The average molecular weight is 273 g/mol. The van der Waals surface area contributed by atoms with Crippen molar-refractivity contribution in [3.05, 3.63) is 23.1 Å². The highest BCUT2D eigenvalue weighted by atomic mass is 79.9. The fourth-order valence-electron chi connectivity index (χ4n) is 1.48. The molecule has 1 heterocycles. The molecule has 0 aliphatic heterocycles. The number of hydrogen-bond acceptors (Lipinski definition) is 3. The quantitative estimate of drug-likeness (QED) is 0.848. The molecule has 0 atom stereocenters. The number of alkyl halides is 1. The smallest absolute Gasteiger partial charge is 0.169 e. The molecule has 1 N–H and O–H groups in total. The first kappa shape index (κ1) is 9.80. The van der Waals surface area contributed by atoms with Crippen molar-refractivity contribution in [3.63, 3.8) is 0 Å². The minimum Gasteiger partial charge on any atom is -0.504 e. The number of halogens is 1. The molecule has 0 bridgehead atoms. The van der Waals surface area contributed by atoms with E-state index in [-0.39, 0.29) is 5.75 Å². The third-order valence-corrected chi connectivity index (χ3v) is 3.69. The highest BCUT2D eigenvalue weighted by Gasteiger charge is 2.12. The normalized spacial score (nSPS) is 10.7. The van der Waals surface area contributed by atoms with Crippen LogP contribution >= 0.6 is 27.3 Å². The number of ether oxygens (including phenoxy) is 1. The monoisotopic (exact) mass is 272 g/mol. The zero-order valence-electron chi connectivity index (χ0n) is 7.58. The summed E-state index contributed by atoms with van der Waals surface area (Å²) in [5.41, 5.74) is 1.09. The third-order valence-electron chi connectivity index (χ3n) is 2.09. The molecule has 0 fully saturated rings. The molecule has 1 aromatic carbocycles. The molecular weight excluding hydrogens is 264 g/mol. The van der Waals surface area contributed by atoms with Gasteiger partial charge in [-0.1, -0.05) is 15.9 Å². The largest absolute Gasteiger partial charge is 0.504 e. The zero-order chi connectivity index (χ0) is 10.1. The highest BCUT2D eigenvalue weighted by molar-refractivity contribution is 9.08. The standard InChI is InChI=1S/C10H9BrO2S/c1-13-9-7-2-3-14-10(7)6(5-11)4-8(9)12/h2-4,12H,5H2,1H3. The van der Waals surface area contributed by atoms with Crippen LogP contribution in [0.1, 0.15) is 5.56 Å². The lowest BCUT2D eigenvalue weighted by molar-refractivity contribution is 0.378. The van der Waals surface area contributed by atoms with E-state index >= 15 is 0 Å². The van der Waals surface area contributed by atoms with Gasteiger partial charge in [0.15, 0.2) is 11.5 Å². The maximum atomic E-state index is 9.70. The number of rotatable bonds is 2. The second-order valence-corrected chi connectivity index (χ2v) is 4.36. The Kier molecular flexibility index (Phi) is 2.65. The van der Waals surface area contributed by atoms with Crippen molar-refractivity contribution < 1.29 is 9.84 Å². The number of methoxy groups -OCH3 is 1. The van der Waals surface area contributed by atoms with Crippen molar-refractivity contribution in [3.8, 4) is 11.5 Å². The van der Waals surface area contributed by atoms with E-state index in [0.717, 1.165) is 21.0 Å². The molecule has 0 saturated carbocycles. The molecule has 1 aromatic heterocycles. The van der Waals surface area contributed by atoms with Crippen molar-refractivity contribution in [1.29, 1.82) is 0 Å². The zero-order valence-corrected chi connectivity index (χ0v) is 9.98. The molecule has 0 radical (unpaired) electrons. The summed E-state index contributed by atoms with van der Waals surface area (Å²) in [6.07, 6.45) is 0. The summed E-state index contributed by atoms with van der Waals surface area (Å²) in [6.45, 7) is 0. The lowest BCUT2D eigenvalue weighted by Gasteiger charge is -2.07. The maximum absolute atomic E-state index is 9.70. The van der Waals surface area contributed by atoms with E-state index in [1.165, 1.54) is 0 Å². The Labute approximate surface area is 94.3 Å². The van der Waals surface area contributed by atoms with Crippen LogP contribution in [0.5, 0.6) is 11.5 Å². The Hall–Kier alpha value is -0.740. The van der Waals surface area contributed by atoms with Crippen LogP contribution in [-0.2, 0) is 5.33 Å². The number of phenols is 1. The van der Waals surface area contributed by atoms with Crippen LogP contribution < -0.4 is 4.74 Å². The van der Waals surface area contributed by atoms with E-state index < -0.39 is 0 Å². The molecule has 0 aliphatic rings. The molecule has 2 nitrogen and oxygen atoms in total. The molecule has 14 heavy (non-hydrogen) atoms. The van der Waals surface area contributed by atoms with E-state index in [2.05, 4.69) is 15.9 Å². The van der Waals surface area contributed by atoms with E-state index in [0.29, 0.717) is 5.75 Å². The minimum absolute atomic E-state index is 0.202. The van der Waals surface area contributed by atoms with Crippen LogP contribution in [0, 0.1) is 0 Å². The lowest BCUT2D eigenvalue weighted by atomic mass is 10.1. The number of benzene rings is 1. The second-order valence-electron chi connectivity index (χ2n) is 2.89. The Bertz CT molecular complexity index is 464. The fourth-order valence-corrected chi connectivity index (χ4v) is 3.02. The molecule has 74 valence electrons. The molecule has 0 unspecified atom stereocenters. The van der Waals surface area contributed by atoms with Crippen LogP contribution in [0.15, 0.2) is 17.5 Å². The molecule has 0 amide bonds. The number of fused-ring (bicyclic) bond motifs is 1. The summed E-state index contributed by atoms with van der Waals surface area (Å²) >= 11 is 5.05. The second kappa shape index (κ2) is 3.79. The van der Waals surface area contributed by atoms with Gasteiger partial charge in [-0.05, 0) is 23.1 Å². The molecule has 0 aliphatic carbocycles. The molecule has 0 spiro atoms. The van der Waals surface area contributed by atoms with Crippen LogP contribution in [0.2, 0.25) is 0 Å². The topological polar surface area (TPSA) is 29.5 Å². The summed E-state index contributed by atoms with van der Waals surface area (Å²) in [7, 11) is 1.57. The van der Waals surface area contributed by atoms with E-state index in [1.54, 1.807) is 24.5 Å². The SMILES string of the molecule is COc1c(O)cc(CBr)c2sccc12. The summed E-state index contributed by atoms with van der Waals surface area (Å²) in [5.74, 6) is 0.763. The maximum Gasteiger partial charge on any atom is 0.169 e. The summed E-state index contributed by atoms with van der Waals surface area (Å²) in [6, 6.07) is 3.71. The van der Waals surface area contributed by atoms with Crippen LogP contribution in [-0.4, -0.2) is 12.2 Å². The third kappa shape index (κ3) is 1.38. The molecular formula is C10H9BrO2S. The van der Waals surface area contributed by atoms with Gasteiger partial charge < -0.3 is 9.84 Å². The summed E-state index contributed by atoms with van der Waals surface area (Å²) in [5, 5.41) is 13.4. The number of phenolic OH excluding ortho intramolecular Hbond substituents is 1. The Morgan fingerprint density at radius 2 is 2.36 bits per heavy atom. The summed E-state index contributed by atoms with van der Waals surface area (Å²) < 4.78 is 6.32. The van der Waals surface area contributed by atoms with Crippen molar-refractivity contribution >= 4 is 37.4 Å². The Balaban J connectivity index is 2.81. The van der Waals surface area contributed by atoms with E-state index in [4.69, 9.17) is 4.74 Å². The van der Waals surface area contributed by atoms with Crippen LogP contribution in [0.25, 0.3) is 10.1 Å². The van der Waals surface area contributed by atoms with Crippen molar-refractivity contribution in [2.75, 3.05) is 7.11 Å². The van der Waals surface area contributed by atoms with Gasteiger partial charge in [0.05, 0.1) is 7.11 Å². The van der Waals surface area contributed by atoms with Gasteiger partial charge in [0.2, 0.25) is 0 Å². The first-order valence-electron chi connectivity index (χ1n) is 4.10. The number of thiophene rings is 1. The number of hydrogen-bond donors (Lipinski definition) is 1. The predicted octanol–water partition coefficient (Wildman–Crippen LogP) is 3.51. The van der Waals surface area contributed by atoms with Gasteiger partial charge in [-0.15, -0.1) is 11.3 Å². The molecule has 0 saturated heterocycles. The van der Waals surface area contributed by atoms with E-state index in [1.807, 2.05) is 11.4 Å². The van der Waals surface area contributed by atoms with Gasteiger partial charge in [0.1, 0.15) is 0 Å². The van der Waals surface area contributed by atoms with Crippen LogP contribution in [0.4, 0.5) is 0 Å². The minimum atomic E-state index is 0.202. The van der Waals surface area contributed by atoms with E-state index in [9.17, 15) is 5.11 Å². The molecule has 2 aromatic rings. The van der Waals surface area contributed by atoms with Crippen molar-refractivity contribution in [2.24, 2.45) is 0 Å². The molecule has 4 heteroatoms. The fraction of sp³-hybridized carbons (Fsp3) is 0.200. The van der Waals surface area contributed by atoms with Crippen molar-refractivity contribution in [2.45, 2.75) is 5.33 Å². The summed E-state index contributed by atoms with van der Waals surface area (Å²) in [4.78, 5) is 0. The van der Waals surface area contributed by atoms with Gasteiger partial charge >= 0.3 is 0 Å². The van der Waals surface area contributed by atoms with Crippen molar-refractivity contribution in [1.82, 2.24) is 0 Å². The average Bonchev–Trinajstić information content (AvgIpc) is 2.65. The Morgan fingerprint density at radius 3 is 3.00 bits per heavy atom. The highest BCUT2D eigenvalue weighted by Crippen LogP contribution is 2.40. The van der Waals surface area contributed by atoms with Crippen LogP contribution in [0.3, 0.4) is 0 Å². The van der Waals surface area contributed by atoms with Gasteiger partial charge in [0, 0.05) is 15.4 Å². The van der Waals surface area contributed by atoms with Gasteiger partial charge in [-0.25, -0.2) is 0 Å². The lowest BCUT2D eigenvalue weighted by Crippen LogP contribution is -1.86. The van der Waals surface area contributed by atoms with Gasteiger partial charge in [-0.3, -0.25) is 0 Å². The van der Waals surface area contributed by atoms with Gasteiger partial charge in [-0.2, -0.15) is 0 Å². The van der Waals surface area contributed by atoms with Gasteiger partial charge in [0.25, 0.3) is 0 Å². The Morgan fingerprint density at radius 1 is 1.57 bits per heavy atom. The number of aromatic hydroxyl groups is 1. The first-order valence-corrected chi connectivity index (χ1v) is 6.10. The molecule has 2 rings (SSSR count). The first-order chi connectivity index (χ1) is 6.77.